The third-order valence-electron chi connectivity index (χ3n) is 3.61. The first kappa shape index (κ1) is 16.1. The predicted octanol–water partition coefficient (Wildman–Crippen LogP) is 2.23. The van der Waals surface area contributed by atoms with Gasteiger partial charge in [0.2, 0.25) is 0 Å². The van der Waals surface area contributed by atoms with Crippen LogP contribution >= 0.6 is 11.3 Å². The van der Waals surface area contributed by atoms with Crippen LogP contribution in [0.25, 0.3) is 10.8 Å². The number of hydrogen-bond donors (Lipinski definition) is 0. The van der Waals surface area contributed by atoms with Crippen LogP contribution in [0.15, 0.2) is 21.9 Å². The first-order valence-corrected chi connectivity index (χ1v) is 9.90. The van der Waals surface area contributed by atoms with Crippen LogP contribution in [0.1, 0.15) is 31.8 Å². The third-order valence-corrected chi connectivity index (χ3v) is 6.31. The van der Waals surface area contributed by atoms with E-state index in [0.29, 0.717) is 12.3 Å². The molecule has 0 spiro atoms. The number of esters is 1. The summed E-state index contributed by atoms with van der Waals surface area (Å²) in [5.41, 5.74) is 0. The van der Waals surface area contributed by atoms with Gasteiger partial charge in [-0.1, -0.05) is 6.07 Å². The van der Waals surface area contributed by atoms with Crippen LogP contribution in [-0.4, -0.2) is 36.1 Å². The van der Waals surface area contributed by atoms with Crippen LogP contribution in [0.3, 0.4) is 0 Å². The lowest BCUT2D eigenvalue weighted by Crippen LogP contribution is -2.15. The number of sulfone groups is 1. The minimum Gasteiger partial charge on any atom is -0.453 e. The van der Waals surface area contributed by atoms with Gasteiger partial charge < -0.3 is 9.15 Å². The number of rotatable bonds is 5. The summed E-state index contributed by atoms with van der Waals surface area (Å²) in [6.07, 6.45) is -0.0635. The number of carbonyl (C=O) groups excluding carboxylic acids is 1. The summed E-state index contributed by atoms with van der Waals surface area (Å²) in [5.74, 6) is 0.202. The molecule has 2 aromatic rings. The molecule has 0 saturated carbocycles. The maximum absolute atomic E-state index is 11.9. The third kappa shape index (κ3) is 3.97. The lowest BCUT2D eigenvalue weighted by molar-refractivity contribution is -0.150. The Labute approximate surface area is 137 Å². The first-order chi connectivity index (χ1) is 10.9. The smallest absolute Gasteiger partial charge is 0.306 e. The molecule has 2 unspecified atom stereocenters. The van der Waals surface area contributed by atoms with E-state index in [1.807, 2.05) is 17.5 Å². The average molecular weight is 356 g/mol. The molecule has 124 valence electrons. The van der Waals surface area contributed by atoms with E-state index < -0.39 is 21.9 Å². The molecule has 7 nitrogen and oxygen atoms in total. The number of ether oxygens (including phenoxy) is 1. The molecule has 9 heteroatoms. The molecule has 3 rings (SSSR count). The summed E-state index contributed by atoms with van der Waals surface area (Å²) in [5, 5.41) is 9.73. The first-order valence-electron chi connectivity index (χ1n) is 7.20. The minimum absolute atomic E-state index is 0.0551. The quantitative estimate of drug-likeness (QED) is 0.757. The van der Waals surface area contributed by atoms with Crippen molar-refractivity contribution in [3.05, 3.63) is 23.4 Å². The Bertz CT molecular complexity index is 782. The number of hydrogen-bond acceptors (Lipinski definition) is 8. The zero-order valence-electron chi connectivity index (χ0n) is 12.5. The molecule has 1 aliphatic rings. The van der Waals surface area contributed by atoms with Gasteiger partial charge in [-0.05, 0) is 30.7 Å². The maximum Gasteiger partial charge on any atom is 0.306 e. The van der Waals surface area contributed by atoms with E-state index in [9.17, 15) is 13.2 Å². The van der Waals surface area contributed by atoms with Crippen molar-refractivity contribution in [1.82, 2.24) is 10.2 Å². The SMILES string of the molecule is CC(OC(=O)CC1CCS(=O)(=O)C1)c1nnc(-c2cccs2)o1. The summed E-state index contributed by atoms with van der Waals surface area (Å²) in [6, 6.07) is 3.74. The Kier molecular flexibility index (Phi) is 4.49. The van der Waals surface area contributed by atoms with Crippen LogP contribution < -0.4 is 0 Å². The van der Waals surface area contributed by atoms with Gasteiger partial charge in [-0.3, -0.25) is 4.79 Å². The summed E-state index contributed by atoms with van der Waals surface area (Å²) >= 11 is 1.48. The van der Waals surface area contributed by atoms with Crippen molar-refractivity contribution in [2.45, 2.75) is 25.9 Å². The normalized spacial score (nSPS) is 21.2. The highest BCUT2D eigenvalue weighted by molar-refractivity contribution is 7.91. The summed E-state index contributed by atoms with van der Waals surface area (Å²) in [4.78, 5) is 12.8. The summed E-state index contributed by atoms with van der Waals surface area (Å²) < 4.78 is 33.6. The van der Waals surface area contributed by atoms with Crippen molar-refractivity contribution < 1.29 is 22.4 Å². The maximum atomic E-state index is 11.9. The van der Waals surface area contributed by atoms with E-state index in [0.717, 1.165) is 4.88 Å². The Hall–Kier alpha value is -1.74. The van der Waals surface area contributed by atoms with Gasteiger partial charge in [0.1, 0.15) is 0 Å². The van der Waals surface area contributed by atoms with Gasteiger partial charge in [0, 0.05) is 6.42 Å². The standard InChI is InChI=1S/C14H16N2O5S2/c1-9(13-15-16-14(21-13)11-3-2-5-22-11)20-12(17)7-10-4-6-23(18,19)8-10/h2-3,5,9-10H,4,6-8H2,1H3. The molecule has 0 N–H and O–H groups in total. The lowest BCUT2D eigenvalue weighted by atomic mass is 10.1. The highest BCUT2D eigenvalue weighted by Gasteiger charge is 2.30. The lowest BCUT2D eigenvalue weighted by Gasteiger charge is -2.11. The van der Waals surface area contributed by atoms with E-state index in [4.69, 9.17) is 9.15 Å². The van der Waals surface area contributed by atoms with Gasteiger partial charge in [-0.15, -0.1) is 21.5 Å². The molecule has 2 atom stereocenters. The Morgan fingerprint density at radius 1 is 1.52 bits per heavy atom. The van der Waals surface area contributed by atoms with Gasteiger partial charge in [-0.25, -0.2) is 8.42 Å². The summed E-state index contributed by atoms with van der Waals surface area (Å²) in [6.45, 7) is 1.65. The van der Waals surface area contributed by atoms with Gasteiger partial charge in [0.25, 0.3) is 11.8 Å². The van der Waals surface area contributed by atoms with Crippen molar-refractivity contribution in [3.8, 4) is 10.8 Å². The minimum atomic E-state index is -2.99. The molecular formula is C14H16N2O5S2. The van der Waals surface area contributed by atoms with Gasteiger partial charge in [0.15, 0.2) is 15.9 Å². The highest BCUT2D eigenvalue weighted by Crippen LogP contribution is 2.27. The zero-order valence-corrected chi connectivity index (χ0v) is 14.1. The van der Waals surface area contributed by atoms with Crippen LogP contribution in [0.4, 0.5) is 0 Å². The molecular weight excluding hydrogens is 340 g/mol. The molecule has 0 aromatic carbocycles. The van der Waals surface area contributed by atoms with E-state index in [1.54, 1.807) is 6.92 Å². The summed E-state index contributed by atoms with van der Waals surface area (Å²) in [7, 11) is -2.99. The predicted molar refractivity (Wildman–Crippen MR) is 83.5 cm³/mol. The van der Waals surface area contributed by atoms with E-state index >= 15 is 0 Å². The van der Waals surface area contributed by atoms with E-state index in [-0.39, 0.29) is 29.7 Å². The van der Waals surface area contributed by atoms with E-state index in [1.165, 1.54) is 11.3 Å². The fourth-order valence-corrected chi connectivity index (χ4v) is 4.97. The largest absolute Gasteiger partial charge is 0.453 e. The fraction of sp³-hybridized carbons (Fsp3) is 0.500. The zero-order chi connectivity index (χ0) is 16.4. The monoisotopic (exact) mass is 356 g/mol. The van der Waals surface area contributed by atoms with Crippen molar-refractivity contribution in [2.75, 3.05) is 11.5 Å². The molecule has 0 bridgehead atoms. The van der Waals surface area contributed by atoms with Crippen molar-refractivity contribution in [2.24, 2.45) is 5.92 Å². The molecule has 3 heterocycles. The van der Waals surface area contributed by atoms with Crippen molar-refractivity contribution in [1.29, 1.82) is 0 Å². The molecule has 0 aliphatic carbocycles. The van der Waals surface area contributed by atoms with Crippen LogP contribution in [-0.2, 0) is 19.4 Å². The molecule has 1 aliphatic heterocycles. The molecule has 23 heavy (non-hydrogen) atoms. The molecule has 1 fully saturated rings. The topological polar surface area (TPSA) is 99.4 Å². The Morgan fingerprint density at radius 2 is 2.35 bits per heavy atom. The van der Waals surface area contributed by atoms with Gasteiger partial charge >= 0.3 is 5.97 Å². The molecule has 2 aromatic heterocycles. The van der Waals surface area contributed by atoms with Gasteiger partial charge in [0.05, 0.1) is 16.4 Å². The molecule has 0 amide bonds. The second-order valence-corrected chi connectivity index (χ2v) is 8.70. The number of carbonyl (C=O) groups is 1. The highest BCUT2D eigenvalue weighted by atomic mass is 32.2. The molecule has 0 radical (unpaired) electrons. The van der Waals surface area contributed by atoms with Crippen LogP contribution in [0.2, 0.25) is 0 Å². The van der Waals surface area contributed by atoms with Crippen molar-refractivity contribution >= 4 is 27.1 Å². The van der Waals surface area contributed by atoms with Crippen LogP contribution in [0.5, 0.6) is 0 Å². The average Bonchev–Trinajstić information content (AvgIpc) is 3.18. The number of aromatic nitrogens is 2. The Balaban J connectivity index is 1.56. The van der Waals surface area contributed by atoms with Crippen molar-refractivity contribution in [3.63, 3.8) is 0 Å². The van der Waals surface area contributed by atoms with E-state index in [2.05, 4.69) is 10.2 Å². The second kappa shape index (κ2) is 6.40. The van der Waals surface area contributed by atoms with Crippen LogP contribution in [0, 0.1) is 5.92 Å². The number of thiophene rings is 1. The molecule has 1 saturated heterocycles. The second-order valence-electron chi connectivity index (χ2n) is 5.53. The van der Waals surface area contributed by atoms with Gasteiger partial charge in [-0.2, -0.15) is 0 Å². The fourth-order valence-electron chi connectivity index (χ4n) is 2.46. The Morgan fingerprint density at radius 3 is 3.00 bits per heavy atom. The number of nitrogens with zero attached hydrogens (tertiary/aromatic N) is 2.